The van der Waals surface area contributed by atoms with E-state index in [1.807, 2.05) is 55.1 Å². The Bertz CT molecular complexity index is 1020. The number of hydrogen-bond acceptors (Lipinski definition) is 6. The maximum atomic E-state index is 13.3. The highest BCUT2D eigenvalue weighted by Gasteiger charge is 2.39. The molecule has 1 aliphatic carbocycles. The van der Waals surface area contributed by atoms with Crippen LogP contribution < -0.4 is 10.2 Å². The van der Waals surface area contributed by atoms with Crippen LogP contribution in [0.15, 0.2) is 42.6 Å². The minimum absolute atomic E-state index is 0.183. The lowest BCUT2D eigenvalue weighted by Gasteiger charge is -2.44. The summed E-state index contributed by atoms with van der Waals surface area (Å²) in [6.45, 7) is 9.39. The van der Waals surface area contributed by atoms with E-state index >= 15 is 0 Å². The van der Waals surface area contributed by atoms with Gasteiger partial charge in [-0.3, -0.25) is 14.7 Å². The summed E-state index contributed by atoms with van der Waals surface area (Å²) in [5.74, 6) is 0.185. The average molecular weight is 549 g/mol. The first-order chi connectivity index (χ1) is 17.9. The van der Waals surface area contributed by atoms with Crippen LogP contribution in [-0.2, 0) is 10.4 Å². The number of amides is 1. The Morgan fingerprint density at radius 3 is 2.41 bits per heavy atom. The second-order valence-corrected chi connectivity index (χ2v) is 10.7. The van der Waals surface area contributed by atoms with E-state index in [4.69, 9.17) is 23.2 Å². The van der Waals surface area contributed by atoms with Gasteiger partial charge in [-0.05, 0) is 56.0 Å². The average Bonchev–Trinajstić information content (AvgIpc) is 2.96. The standard InChI is InChI=1S/C26H33Cl2N5O2.C2H6/c27-21-5-4-20(17-22(21)28)31-13-15-32(16-14-31)25(34)23-18-33(12-11-29-23)19-6-8-26(35,9-7-19)24-3-1-2-10-30-24;1-2/h1-5,10,17,19,23,29,35H,6-9,11-16,18H2;1-2H3. The molecule has 1 saturated carbocycles. The maximum Gasteiger partial charge on any atom is 0.241 e. The third-order valence-corrected chi connectivity index (χ3v) is 8.54. The van der Waals surface area contributed by atoms with Crippen molar-refractivity contribution >= 4 is 34.8 Å². The van der Waals surface area contributed by atoms with Crippen molar-refractivity contribution in [3.8, 4) is 0 Å². The van der Waals surface area contributed by atoms with Crippen LogP contribution in [0.3, 0.4) is 0 Å². The molecule has 3 fully saturated rings. The summed E-state index contributed by atoms with van der Waals surface area (Å²) in [6.07, 6.45) is 4.98. The predicted octanol–water partition coefficient (Wildman–Crippen LogP) is 4.17. The van der Waals surface area contributed by atoms with E-state index < -0.39 is 5.60 Å². The molecule has 202 valence electrons. The molecule has 0 bridgehead atoms. The monoisotopic (exact) mass is 547 g/mol. The molecule has 1 aromatic heterocycles. The zero-order valence-electron chi connectivity index (χ0n) is 21.9. The SMILES string of the molecule is CC.O=C(C1CN(C2CCC(O)(c3ccccn3)CC2)CCN1)N1CCN(c2ccc(Cl)c(Cl)c2)CC1. The molecule has 7 nitrogen and oxygen atoms in total. The Hall–Kier alpha value is -1.90. The number of carbonyl (C=O) groups is 1. The Labute approximate surface area is 230 Å². The van der Waals surface area contributed by atoms with Crippen LogP contribution in [0.1, 0.15) is 45.2 Å². The number of nitrogens with zero attached hydrogens (tertiary/aromatic N) is 4. The van der Waals surface area contributed by atoms with Gasteiger partial charge < -0.3 is 20.2 Å². The fraction of sp³-hybridized carbons (Fsp3) is 0.571. The molecule has 0 spiro atoms. The van der Waals surface area contributed by atoms with E-state index in [1.54, 1.807) is 6.20 Å². The van der Waals surface area contributed by atoms with Crippen molar-refractivity contribution in [1.29, 1.82) is 0 Å². The molecule has 9 heteroatoms. The Kier molecular flexibility index (Phi) is 9.70. The van der Waals surface area contributed by atoms with Crippen LogP contribution >= 0.6 is 23.2 Å². The van der Waals surface area contributed by atoms with Crippen LogP contribution in [0.4, 0.5) is 5.69 Å². The molecule has 3 heterocycles. The highest BCUT2D eigenvalue weighted by Crippen LogP contribution is 2.38. The van der Waals surface area contributed by atoms with Gasteiger partial charge in [-0.15, -0.1) is 0 Å². The summed E-state index contributed by atoms with van der Waals surface area (Å²) in [7, 11) is 0. The van der Waals surface area contributed by atoms with E-state index in [2.05, 4.69) is 20.1 Å². The Morgan fingerprint density at radius 1 is 1.03 bits per heavy atom. The molecule has 37 heavy (non-hydrogen) atoms. The van der Waals surface area contributed by atoms with Crippen molar-refractivity contribution in [2.75, 3.05) is 50.7 Å². The van der Waals surface area contributed by atoms with Crippen molar-refractivity contribution < 1.29 is 9.90 Å². The van der Waals surface area contributed by atoms with Gasteiger partial charge in [0.2, 0.25) is 5.91 Å². The molecule has 2 aromatic rings. The van der Waals surface area contributed by atoms with E-state index in [-0.39, 0.29) is 11.9 Å². The van der Waals surface area contributed by atoms with Gasteiger partial charge in [0.15, 0.2) is 0 Å². The van der Waals surface area contributed by atoms with Crippen molar-refractivity contribution in [3.63, 3.8) is 0 Å². The topological polar surface area (TPSA) is 71.9 Å². The largest absolute Gasteiger partial charge is 0.384 e. The fourth-order valence-corrected chi connectivity index (χ4v) is 5.99. The van der Waals surface area contributed by atoms with Gasteiger partial charge in [-0.25, -0.2) is 0 Å². The molecule has 3 aliphatic rings. The number of aliphatic hydroxyl groups is 1. The Morgan fingerprint density at radius 2 is 1.76 bits per heavy atom. The lowest BCUT2D eigenvalue weighted by molar-refractivity contribution is -0.135. The second-order valence-electron chi connectivity index (χ2n) is 9.89. The minimum Gasteiger partial charge on any atom is -0.384 e. The van der Waals surface area contributed by atoms with Gasteiger partial charge in [-0.1, -0.05) is 43.1 Å². The molecule has 1 atom stereocenters. The number of benzene rings is 1. The first kappa shape index (κ1) is 28.1. The van der Waals surface area contributed by atoms with E-state index in [9.17, 15) is 9.90 Å². The summed E-state index contributed by atoms with van der Waals surface area (Å²) in [5, 5.41) is 15.7. The molecule has 1 amide bonds. The third kappa shape index (κ3) is 6.58. The van der Waals surface area contributed by atoms with Crippen LogP contribution in [0, 0.1) is 0 Å². The summed E-state index contributed by atoms with van der Waals surface area (Å²) < 4.78 is 0. The normalized spacial score (nSPS) is 26.8. The van der Waals surface area contributed by atoms with Crippen molar-refractivity contribution in [1.82, 2.24) is 20.1 Å². The highest BCUT2D eigenvalue weighted by molar-refractivity contribution is 6.42. The number of carbonyl (C=O) groups excluding carboxylic acids is 1. The molecule has 2 saturated heterocycles. The minimum atomic E-state index is -0.838. The number of nitrogens with one attached hydrogen (secondary N) is 1. The van der Waals surface area contributed by atoms with E-state index in [0.29, 0.717) is 42.0 Å². The highest BCUT2D eigenvalue weighted by atomic mass is 35.5. The smallest absolute Gasteiger partial charge is 0.241 e. The van der Waals surface area contributed by atoms with E-state index in [1.165, 1.54) is 0 Å². The van der Waals surface area contributed by atoms with E-state index in [0.717, 1.165) is 56.9 Å². The van der Waals surface area contributed by atoms with Gasteiger partial charge in [0.1, 0.15) is 5.60 Å². The zero-order valence-corrected chi connectivity index (χ0v) is 23.4. The van der Waals surface area contributed by atoms with Crippen LogP contribution in [-0.4, -0.2) is 83.7 Å². The number of anilines is 1. The number of halogens is 2. The third-order valence-electron chi connectivity index (χ3n) is 7.80. The summed E-state index contributed by atoms with van der Waals surface area (Å²) in [5.41, 5.74) is 0.970. The molecule has 1 unspecified atom stereocenters. The number of pyridine rings is 1. The molecule has 5 rings (SSSR count). The molecule has 0 radical (unpaired) electrons. The Balaban J connectivity index is 0.00000156. The molecule has 2 N–H and O–H groups in total. The van der Waals surface area contributed by atoms with Gasteiger partial charge in [0.05, 0.1) is 21.8 Å². The molecular weight excluding hydrogens is 509 g/mol. The quantitative estimate of drug-likeness (QED) is 0.598. The maximum absolute atomic E-state index is 13.3. The molecule has 1 aromatic carbocycles. The van der Waals surface area contributed by atoms with Crippen molar-refractivity contribution in [3.05, 3.63) is 58.3 Å². The molecule has 2 aliphatic heterocycles. The first-order valence-corrected chi connectivity index (χ1v) is 14.3. The second kappa shape index (κ2) is 12.8. The zero-order chi connectivity index (χ0) is 26.4. The lowest BCUT2D eigenvalue weighted by atomic mass is 9.79. The van der Waals surface area contributed by atoms with Gasteiger partial charge in [-0.2, -0.15) is 0 Å². The molecular formula is C28H39Cl2N5O2. The first-order valence-electron chi connectivity index (χ1n) is 13.5. The van der Waals surface area contributed by atoms with Gasteiger partial charge in [0, 0.05) is 63.7 Å². The van der Waals surface area contributed by atoms with Gasteiger partial charge >= 0.3 is 0 Å². The summed E-state index contributed by atoms with van der Waals surface area (Å²) in [4.78, 5) is 24.4. The van der Waals surface area contributed by atoms with Gasteiger partial charge in [0.25, 0.3) is 0 Å². The number of aromatic nitrogens is 1. The van der Waals surface area contributed by atoms with Crippen LogP contribution in [0.5, 0.6) is 0 Å². The van der Waals surface area contributed by atoms with Crippen LogP contribution in [0.25, 0.3) is 0 Å². The summed E-state index contributed by atoms with van der Waals surface area (Å²) in [6, 6.07) is 11.6. The lowest BCUT2D eigenvalue weighted by Crippen LogP contribution is -2.62. The number of hydrogen-bond donors (Lipinski definition) is 2. The van der Waals surface area contributed by atoms with Crippen molar-refractivity contribution in [2.45, 2.75) is 57.2 Å². The summed E-state index contributed by atoms with van der Waals surface area (Å²) >= 11 is 12.2. The van der Waals surface area contributed by atoms with Crippen molar-refractivity contribution in [2.24, 2.45) is 0 Å². The van der Waals surface area contributed by atoms with Crippen LogP contribution in [0.2, 0.25) is 10.0 Å². The predicted molar refractivity (Wildman–Crippen MR) is 150 cm³/mol. The number of rotatable bonds is 4. The fourth-order valence-electron chi connectivity index (χ4n) is 5.70. The number of piperazine rings is 2.